The van der Waals surface area contributed by atoms with Crippen LogP contribution in [-0.4, -0.2) is 54.4 Å². The zero-order valence-corrected chi connectivity index (χ0v) is 13.0. The summed E-state index contributed by atoms with van der Waals surface area (Å²) in [5.41, 5.74) is 0.246. The van der Waals surface area contributed by atoms with E-state index in [0.717, 1.165) is 26.1 Å². The maximum Gasteiger partial charge on any atom is 0.273 e. The minimum atomic E-state index is -0.197. The van der Waals surface area contributed by atoms with Crippen LogP contribution in [0.5, 0.6) is 0 Å². The minimum Gasteiger partial charge on any atom is -0.384 e. The zero-order chi connectivity index (χ0) is 15.3. The molecule has 0 unspecified atom stereocenters. The molecule has 0 radical (unpaired) electrons. The average molecular weight is 296 g/mol. The lowest BCUT2D eigenvalue weighted by Crippen LogP contribution is -2.36. The molecule has 1 aliphatic heterocycles. The summed E-state index contributed by atoms with van der Waals surface area (Å²) in [6.07, 6.45) is 3.53. The van der Waals surface area contributed by atoms with Crippen LogP contribution in [0.1, 0.15) is 43.2 Å². The molecule has 7 nitrogen and oxygen atoms in total. The van der Waals surface area contributed by atoms with Crippen molar-refractivity contribution >= 4 is 5.91 Å². The number of carbonyl (C=O) groups excluding carboxylic acids is 1. The molecule has 2 heterocycles. The number of amides is 1. The second kappa shape index (κ2) is 7.00. The molecule has 1 aliphatic rings. The molecule has 0 bridgehead atoms. The summed E-state index contributed by atoms with van der Waals surface area (Å²) in [5, 5.41) is 10.9. The molecule has 7 heteroatoms. The van der Waals surface area contributed by atoms with Crippen LogP contribution in [0, 0.1) is 5.41 Å². The molecule has 0 saturated carbocycles. The molecule has 1 fully saturated rings. The van der Waals surface area contributed by atoms with Crippen LogP contribution in [0.2, 0.25) is 0 Å². The van der Waals surface area contributed by atoms with Gasteiger partial charge in [-0.05, 0) is 12.8 Å². The van der Waals surface area contributed by atoms with Gasteiger partial charge < -0.3 is 14.8 Å². The van der Waals surface area contributed by atoms with Crippen molar-refractivity contribution in [2.24, 2.45) is 5.41 Å². The summed E-state index contributed by atoms with van der Waals surface area (Å²) in [6, 6.07) is 0.276. The van der Waals surface area contributed by atoms with E-state index in [0.29, 0.717) is 18.8 Å². The van der Waals surface area contributed by atoms with Gasteiger partial charge in [0.1, 0.15) is 0 Å². The Morgan fingerprint density at radius 3 is 2.90 bits per heavy atom. The Morgan fingerprint density at radius 1 is 1.52 bits per heavy atom. The first-order valence-electron chi connectivity index (χ1n) is 7.28. The number of rotatable bonds is 6. The Bertz CT molecular complexity index is 467. The van der Waals surface area contributed by atoms with E-state index in [1.807, 2.05) is 13.8 Å². The van der Waals surface area contributed by atoms with Crippen LogP contribution in [0.4, 0.5) is 0 Å². The maximum atomic E-state index is 12.1. The lowest BCUT2D eigenvalue weighted by atomic mass is 9.95. The molecule has 0 spiro atoms. The van der Waals surface area contributed by atoms with Crippen LogP contribution in [-0.2, 0) is 9.47 Å². The Morgan fingerprint density at radius 2 is 2.24 bits per heavy atom. The summed E-state index contributed by atoms with van der Waals surface area (Å²) in [5.74, 6) is -0.197. The molecule has 118 valence electrons. The van der Waals surface area contributed by atoms with E-state index < -0.39 is 0 Å². The quantitative estimate of drug-likeness (QED) is 0.848. The fourth-order valence-electron chi connectivity index (χ4n) is 2.36. The molecule has 0 aromatic carbocycles. The average Bonchev–Trinajstić information content (AvgIpc) is 2.96. The van der Waals surface area contributed by atoms with E-state index in [9.17, 15) is 4.79 Å². The first-order valence-corrected chi connectivity index (χ1v) is 7.28. The van der Waals surface area contributed by atoms with Crippen LogP contribution >= 0.6 is 0 Å². The Kier molecular flexibility index (Phi) is 5.30. The van der Waals surface area contributed by atoms with Gasteiger partial charge in [0.2, 0.25) is 0 Å². The molecule has 1 aromatic rings. The van der Waals surface area contributed by atoms with Gasteiger partial charge in [-0.25, -0.2) is 4.68 Å². The lowest BCUT2D eigenvalue weighted by molar-refractivity contribution is 0.0657. The number of ether oxygens (including phenoxy) is 2. The van der Waals surface area contributed by atoms with Gasteiger partial charge in [0.25, 0.3) is 5.91 Å². The fourth-order valence-corrected chi connectivity index (χ4v) is 2.36. The largest absolute Gasteiger partial charge is 0.384 e. The van der Waals surface area contributed by atoms with Crippen molar-refractivity contribution in [1.29, 1.82) is 0 Å². The number of nitrogens with zero attached hydrogens (tertiary/aromatic N) is 3. The number of nitrogens with one attached hydrogen (secondary N) is 1. The van der Waals surface area contributed by atoms with Crippen molar-refractivity contribution in [3.8, 4) is 0 Å². The number of carbonyl (C=O) groups is 1. The molecule has 1 aromatic heterocycles. The minimum absolute atomic E-state index is 0.110. The van der Waals surface area contributed by atoms with Crippen LogP contribution < -0.4 is 5.32 Å². The summed E-state index contributed by atoms with van der Waals surface area (Å²) in [7, 11) is 1.66. The van der Waals surface area contributed by atoms with Crippen LogP contribution in [0.25, 0.3) is 0 Å². The van der Waals surface area contributed by atoms with Gasteiger partial charge in [0.15, 0.2) is 5.69 Å². The van der Waals surface area contributed by atoms with Crippen LogP contribution in [0.3, 0.4) is 0 Å². The standard InChI is InChI=1S/C14H24N4O3/c1-14(2,10-20-3)9-15-13(19)12-8-18(17-16-12)11-4-6-21-7-5-11/h8,11H,4-7,9-10H2,1-3H3,(H,15,19). The van der Waals surface area contributed by atoms with Gasteiger partial charge in [-0.1, -0.05) is 19.1 Å². The Hall–Kier alpha value is -1.47. The van der Waals surface area contributed by atoms with E-state index >= 15 is 0 Å². The number of aromatic nitrogens is 3. The van der Waals surface area contributed by atoms with Gasteiger partial charge in [0.05, 0.1) is 18.8 Å². The van der Waals surface area contributed by atoms with Gasteiger partial charge in [0, 0.05) is 32.3 Å². The van der Waals surface area contributed by atoms with Crippen molar-refractivity contribution < 1.29 is 14.3 Å². The van der Waals surface area contributed by atoms with Gasteiger partial charge in [-0.2, -0.15) is 0 Å². The number of methoxy groups -OCH3 is 1. The lowest BCUT2D eigenvalue weighted by Gasteiger charge is -2.23. The van der Waals surface area contributed by atoms with E-state index in [2.05, 4.69) is 15.6 Å². The first kappa shape index (κ1) is 15.9. The smallest absolute Gasteiger partial charge is 0.273 e. The normalized spacial score (nSPS) is 16.9. The zero-order valence-electron chi connectivity index (χ0n) is 13.0. The summed E-state index contributed by atoms with van der Waals surface area (Å²) in [4.78, 5) is 12.1. The third-order valence-corrected chi connectivity index (χ3v) is 3.57. The summed E-state index contributed by atoms with van der Waals surface area (Å²) in [6.45, 7) is 6.66. The van der Waals surface area contributed by atoms with Gasteiger partial charge in [-0.3, -0.25) is 4.79 Å². The molecule has 21 heavy (non-hydrogen) atoms. The summed E-state index contributed by atoms with van der Waals surface area (Å²) >= 11 is 0. The van der Waals surface area contributed by atoms with Crippen LogP contribution in [0.15, 0.2) is 6.20 Å². The first-order chi connectivity index (χ1) is 10.0. The van der Waals surface area contributed by atoms with E-state index in [1.54, 1.807) is 18.0 Å². The van der Waals surface area contributed by atoms with Gasteiger partial charge >= 0.3 is 0 Å². The second-order valence-corrected chi connectivity index (χ2v) is 6.21. The fraction of sp³-hybridized carbons (Fsp3) is 0.786. The maximum absolute atomic E-state index is 12.1. The van der Waals surface area contributed by atoms with E-state index in [4.69, 9.17) is 9.47 Å². The van der Waals surface area contributed by atoms with Crippen molar-refractivity contribution in [3.63, 3.8) is 0 Å². The predicted octanol–water partition coefficient (Wildman–Crippen LogP) is 1.03. The number of hydrogen-bond acceptors (Lipinski definition) is 5. The molecule has 0 aliphatic carbocycles. The molecule has 2 rings (SSSR count). The Balaban J connectivity index is 1.89. The molecular formula is C14H24N4O3. The molecule has 0 atom stereocenters. The highest BCUT2D eigenvalue weighted by Gasteiger charge is 2.22. The highest BCUT2D eigenvalue weighted by Crippen LogP contribution is 2.19. The van der Waals surface area contributed by atoms with Gasteiger partial charge in [-0.15, -0.1) is 5.10 Å². The topological polar surface area (TPSA) is 78.3 Å². The molecular weight excluding hydrogens is 272 g/mol. The number of hydrogen-bond donors (Lipinski definition) is 1. The monoisotopic (exact) mass is 296 g/mol. The van der Waals surface area contributed by atoms with Crippen molar-refractivity contribution in [3.05, 3.63) is 11.9 Å². The second-order valence-electron chi connectivity index (χ2n) is 6.21. The van der Waals surface area contributed by atoms with Crippen molar-refractivity contribution in [1.82, 2.24) is 20.3 Å². The molecule has 1 amide bonds. The third-order valence-electron chi connectivity index (χ3n) is 3.57. The highest BCUT2D eigenvalue weighted by atomic mass is 16.5. The highest BCUT2D eigenvalue weighted by molar-refractivity contribution is 5.91. The van der Waals surface area contributed by atoms with E-state index in [-0.39, 0.29) is 17.4 Å². The summed E-state index contributed by atoms with van der Waals surface area (Å²) < 4.78 is 12.2. The Labute approximate surface area is 125 Å². The van der Waals surface area contributed by atoms with Crippen molar-refractivity contribution in [2.75, 3.05) is 33.5 Å². The SMILES string of the molecule is COCC(C)(C)CNC(=O)c1cn(C2CCOCC2)nn1. The van der Waals surface area contributed by atoms with Crippen molar-refractivity contribution in [2.45, 2.75) is 32.7 Å². The molecule has 1 saturated heterocycles. The van der Waals surface area contributed by atoms with E-state index in [1.165, 1.54) is 0 Å². The predicted molar refractivity (Wildman–Crippen MR) is 77.1 cm³/mol. The third kappa shape index (κ3) is 4.50. The molecule has 1 N–H and O–H groups in total.